The van der Waals surface area contributed by atoms with Gasteiger partial charge >= 0.3 is 5.63 Å². The molecule has 0 saturated carbocycles. The number of rotatable bonds is 1. The fraction of sp³-hybridized carbons (Fsp3) is 0. The van der Waals surface area contributed by atoms with Crippen LogP contribution in [0.5, 0.6) is 0 Å². The van der Waals surface area contributed by atoms with Crippen LogP contribution in [-0.4, -0.2) is 4.40 Å². The predicted octanol–water partition coefficient (Wildman–Crippen LogP) is 3.71. The Balaban J connectivity index is 2.11. The van der Waals surface area contributed by atoms with Crippen LogP contribution in [0, 0.1) is 0 Å². The molecule has 0 amide bonds. The highest BCUT2D eigenvalue weighted by atomic mass is 16.4. The molecule has 20 heavy (non-hydrogen) atoms. The molecule has 4 aromatic rings. The summed E-state index contributed by atoms with van der Waals surface area (Å²) in [5.41, 5.74) is 2.14. The van der Waals surface area contributed by atoms with Gasteiger partial charge in [0.15, 0.2) is 5.76 Å². The summed E-state index contributed by atoms with van der Waals surface area (Å²) < 4.78 is 7.32. The van der Waals surface area contributed by atoms with Gasteiger partial charge in [0.05, 0.1) is 11.7 Å². The second-order valence-corrected chi connectivity index (χ2v) is 4.71. The Kier molecular flexibility index (Phi) is 2.27. The van der Waals surface area contributed by atoms with Crippen LogP contribution in [0.15, 0.2) is 76.1 Å². The minimum absolute atomic E-state index is 0.317. The van der Waals surface area contributed by atoms with E-state index in [0.717, 1.165) is 16.5 Å². The van der Waals surface area contributed by atoms with Gasteiger partial charge in [-0.25, -0.2) is 4.79 Å². The minimum atomic E-state index is -0.317. The molecule has 0 N–H and O–H groups in total. The number of nitrogens with zero attached hydrogens (tertiary/aromatic N) is 1. The molecule has 0 fully saturated rings. The zero-order chi connectivity index (χ0) is 13.5. The second-order valence-electron chi connectivity index (χ2n) is 4.71. The average molecular weight is 261 g/mol. The maximum atomic E-state index is 12.2. The summed E-state index contributed by atoms with van der Waals surface area (Å²) in [5, 5.41) is 1.03. The van der Waals surface area contributed by atoms with E-state index in [1.54, 1.807) is 0 Å². The normalized spacial score (nSPS) is 11.2. The molecule has 96 valence electrons. The first kappa shape index (κ1) is 11.1. The van der Waals surface area contributed by atoms with Crippen molar-refractivity contribution >= 4 is 16.4 Å². The molecule has 0 saturated heterocycles. The lowest BCUT2D eigenvalue weighted by Crippen LogP contribution is -2.03. The van der Waals surface area contributed by atoms with Crippen molar-refractivity contribution in [2.75, 3.05) is 0 Å². The second kappa shape index (κ2) is 4.10. The zero-order valence-electron chi connectivity index (χ0n) is 10.6. The molecule has 2 aromatic heterocycles. The van der Waals surface area contributed by atoms with Crippen LogP contribution in [0.4, 0.5) is 0 Å². The van der Waals surface area contributed by atoms with E-state index in [1.807, 2.05) is 71.3 Å². The Labute approximate surface area is 114 Å². The van der Waals surface area contributed by atoms with Crippen molar-refractivity contribution in [1.29, 1.82) is 0 Å². The number of aromatic nitrogens is 1. The van der Waals surface area contributed by atoms with Crippen LogP contribution in [0.25, 0.3) is 27.7 Å². The van der Waals surface area contributed by atoms with E-state index in [0.29, 0.717) is 11.3 Å². The number of para-hydroxylation sites is 1. The third-order valence-corrected chi connectivity index (χ3v) is 3.46. The van der Waals surface area contributed by atoms with Crippen molar-refractivity contribution in [3.63, 3.8) is 0 Å². The van der Waals surface area contributed by atoms with E-state index in [9.17, 15) is 4.79 Å². The number of hydrogen-bond acceptors (Lipinski definition) is 2. The lowest BCUT2D eigenvalue weighted by molar-refractivity contribution is 0.525. The first-order chi connectivity index (χ1) is 9.83. The highest BCUT2D eigenvalue weighted by molar-refractivity contribution is 5.87. The Morgan fingerprint density at radius 2 is 1.60 bits per heavy atom. The SMILES string of the molecule is O=c1oc(-c2ccccc2)cn2c1cc1ccccc12. The van der Waals surface area contributed by atoms with Crippen LogP contribution in [-0.2, 0) is 0 Å². The van der Waals surface area contributed by atoms with Gasteiger partial charge in [0.2, 0.25) is 0 Å². The standard InChI is InChI=1S/C17H11NO2/c19-17-15-10-13-8-4-5-9-14(13)18(15)11-16(20-17)12-6-2-1-3-7-12/h1-11H. The summed E-state index contributed by atoms with van der Waals surface area (Å²) in [7, 11) is 0. The van der Waals surface area contributed by atoms with Crippen LogP contribution >= 0.6 is 0 Å². The summed E-state index contributed by atoms with van der Waals surface area (Å²) in [5.74, 6) is 0.574. The zero-order valence-corrected chi connectivity index (χ0v) is 10.6. The highest BCUT2D eigenvalue weighted by Gasteiger charge is 2.09. The topological polar surface area (TPSA) is 34.6 Å². The molecule has 4 rings (SSSR count). The molecule has 0 spiro atoms. The average Bonchev–Trinajstić information content (AvgIpc) is 2.88. The molecule has 0 aliphatic heterocycles. The van der Waals surface area contributed by atoms with E-state index >= 15 is 0 Å². The van der Waals surface area contributed by atoms with Crippen LogP contribution in [0.1, 0.15) is 0 Å². The van der Waals surface area contributed by atoms with Crippen LogP contribution < -0.4 is 5.63 Å². The number of hydrogen-bond donors (Lipinski definition) is 0. The molecule has 0 atom stereocenters. The first-order valence-electron chi connectivity index (χ1n) is 6.42. The summed E-state index contributed by atoms with van der Waals surface area (Å²) in [6.07, 6.45) is 1.87. The Morgan fingerprint density at radius 1 is 0.850 bits per heavy atom. The van der Waals surface area contributed by atoms with Gasteiger partial charge in [-0.05, 0) is 12.1 Å². The fourth-order valence-electron chi connectivity index (χ4n) is 2.50. The van der Waals surface area contributed by atoms with Crippen LogP contribution in [0.3, 0.4) is 0 Å². The van der Waals surface area contributed by atoms with Gasteiger partial charge in [0.1, 0.15) is 5.52 Å². The van der Waals surface area contributed by atoms with E-state index in [-0.39, 0.29) is 5.63 Å². The lowest BCUT2D eigenvalue weighted by atomic mass is 10.2. The number of benzene rings is 2. The molecule has 3 nitrogen and oxygen atoms in total. The van der Waals surface area contributed by atoms with Crippen molar-refractivity contribution in [2.24, 2.45) is 0 Å². The van der Waals surface area contributed by atoms with Gasteiger partial charge in [-0.2, -0.15) is 0 Å². The van der Waals surface area contributed by atoms with Gasteiger partial charge in [-0.1, -0.05) is 48.5 Å². The third-order valence-electron chi connectivity index (χ3n) is 3.46. The van der Waals surface area contributed by atoms with E-state index in [4.69, 9.17) is 4.42 Å². The predicted molar refractivity (Wildman–Crippen MR) is 78.9 cm³/mol. The summed E-state index contributed by atoms with van der Waals surface area (Å²) in [6, 6.07) is 19.4. The molecule has 0 radical (unpaired) electrons. The van der Waals surface area contributed by atoms with E-state index < -0.39 is 0 Å². The summed E-state index contributed by atoms with van der Waals surface area (Å²) in [6.45, 7) is 0. The molecule has 2 heterocycles. The first-order valence-corrected chi connectivity index (χ1v) is 6.42. The van der Waals surface area contributed by atoms with Crippen molar-refractivity contribution in [3.8, 4) is 11.3 Å². The summed E-state index contributed by atoms with van der Waals surface area (Å²) in [4.78, 5) is 12.2. The molecular weight excluding hydrogens is 250 g/mol. The maximum Gasteiger partial charge on any atom is 0.360 e. The van der Waals surface area contributed by atoms with E-state index in [1.165, 1.54) is 0 Å². The monoisotopic (exact) mass is 261 g/mol. The van der Waals surface area contributed by atoms with Crippen molar-refractivity contribution < 1.29 is 4.42 Å². The quantitative estimate of drug-likeness (QED) is 0.523. The molecule has 0 aliphatic rings. The van der Waals surface area contributed by atoms with E-state index in [2.05, 4.69) is 0 Å². The smallest absolute Gasteiger partial charge is 0.360 e. The van der Waals surface area contributed by atoms with Gasteiger partial charge < -0.3 is 8.82 Å². The largest absolute Gasteiger partial charge is 0.420 e. The Hall–Kier alpha value is -2.81. The van der Waals surface area contributed by atoms with Crippen molar-refractivity contribution in [2.45, 2.75) is 0 Å². The minimum Gasteiger partial charge on any atom is -0.420 e. The molecule has 0 bridgehead atoms. The lowest BCUT2D eigenvalue weighted by Gasteiger charge is -2.02. The van der Waals surface area contributed by atoms with Crippen molar-refractivity contribution in [1.82, 2.24) is 4.40 Å². The van der Waals surface area contributed by atoms with Gasteiger partial charge in [-0.3, -0.25) is 0 Å². The molecule has 0 aliphatic carbocycles. The van der Waals surface area contributed by atoms with Crippen LogP contribution in [0.2, 0.25) is 0 Å². The molecule has 2 aromatic carbocycles. The Bertz CT molecular complexity index is 965. The summed E-state index contributed by atoms with van der Waals surface area (Å²) >= 11 is 0. The molecule has 0 unspecified atom stereocenters. The maximum absolute atomic E-state index is 12.2. The molecular formula is C17H11NO2. The van der Waals surface area contributed by atoms with Gasteiger partial charge in [0.25, 0.3) is 0 Å². The molecule has 3 heteroatoms. The Morgan fingerprint density at radius 3 is 2.45 bits per heavy atom. The number of fused-ring (bicyclic) bond motifs is 3. The highest BCUT2D eigenvalue weighted by Crippen LogP contribution is 2.22. The van der Waals surface area contributed by atoms with Gasteiger partial charge in [-0.15, -0.1) is 0 Å². The third kappa shape index (κ3) is 1.57. The fourth-order valence-corrected chi connectivity index (χ4v) is 2.50. The van der Waals surface area contributed by atoms with Gasteiger partial charge in [0, 0.05) is 10.9 Å². The van der Waals surface area contributed by atoms with Crippen molar-refractivity contribution in [3.05, 3.63) is 77.3 Å².